The molecule has 0 bridgehead atoms. The smallest absolute Gasteiger partial charge is 0.324 e. The summed E-state index contributed by atoms with van der Waals surface area (Å²) in [6, 6.07) is 0. The molecule has 0 fully saturated rings. The molecular weight excluding hydrogens is 296 g/mol. The number of allylic oxidation sites excluding steroid dienone is 4. The van der Waals surface area contributed by atoms with Crippen molar-refractivity contribution in [2.75, 3.05) is 26.4 Å². The van der Waals surface area contributed by atoms with Gasteiger partial charge in [-0.15, -0.1) is 0 Å². The molecular formula is C18H28O5. The van der Waals surface area contributed by atoms with Crippen LogP contribution in [0.15, 0.2) is 37.0 Å². The Labute approximate surface area is 139 Å². The van der Waals surface area contributed by atoms with Crippen LogP contribution in [-0.2, 0) is 23.8 Å². The van der Waals surface area contributed by atoms with Gasteiger partial charge in [0.05, 0.1) is 19.8 Å². The van der Waals surface area contributed by atoms with Gasteiger partial charge in [0.1, 0.15) is 0 Å². The normalized spacial score (nSPS) is 11.8. The third-order valence-electron chi connectivity index (χ3n) is 3.12. The van der Waals surface area contributed by atoms with Gasteiger partial charge in [0.2, 0.25) is 0 Å². The molecule has 0 unspecified atom stereocenters. The standard InChI is InChI=1S/C18H28O5/c1-5-9-10-13-18(16(19)22-7-3,17(20)23-8-4)14-11-12-15-21-6-2/h5,9-12H,1,6-8,13-15H2,2-4H3/b10-9+,12-11+. The summed E-state index contributed by atoms with van der Waals surface area (Å²) in [6.45, 7) is 10.3. The quantitative estimate of drug-likeness (QED) is 0.181. The van der Waals surface area contributed by atoms with E-state index >= 15 is 0 Å². The SMILES string of the molecule is C=C/C=C/CC(C/C=C/COCC)(C(=O)OCC)C(=O)OCC. The molecule has 0 aliphatic carbocycles. The Morgan fingerprint density at radius 2 is 1.48 bits per heavy atom. The predicted molar refractivity (Wildman–Crippen MR) is 89.9 cm³/mol. The molecule has 0 atom stereocenters. The third kappa shape index (κ3) is 7.28. The maximum Gasteiger partial charge on any atom is 0.324 e. The molecule has 23 heavy (non-hydrogen) atoms. The summed E-state index contributed by atoms with van der Waals surface area (Å²) in [6.07, 6.45) is 8.92. The van der Waals surface area contributed by atoms with E-state index in [0.29, 0.717) is 13.2 Å². The minimum atomic E-state index is -1.38. The number of carbonyl (C=O) groups excluding carboxylic acids is 2. The van der Waals surface area contributed by atoms with Crippen molar-refractivity contribution >= 4 is 11.9 Å². The lowest BCUT2D eigenvalue weighted by Crippen LogP contribution is -2.41. The molecule has 5 nitrogen and oxygen atoms in total. The monoisotopic (exact) mass is 324 g/mol. The van der Waals surface area contributed by atoms with Crippen molar-refractivity contribution in [1.29, 1.82) is 0 Å². The maximum absolute atomic E-state index is 12.4. The zero-order valence-corrected chi connectivity index (χ0v) is 14.4. The maximum atomic E-state index is 12.4. The molecule has 0 amide bonds. The van der Waals surface area contributed by atoms with Crippen molar-refractivity contribution in [3.63, 3.8) is 0 Å². The Morgan fingerprint density at radius 1 is 0.913 bits per heavy atom. The van der Waals surface area contributed by atoms with Gasteiger partial charge in [-0.25, -0.2) is 0 Å². The molecule has 0 heterocycles. The summed E-state index contributed by atoms with van der Waals surface area (Å²) in [7, 11) is 0. The van der Waals surface area contributed by atoms with Crippen LogP contribution in [0.5, 0.6) is 0 Å². The zero-order chi connectivity index (χ0) is 17.6. The van der Waals surface area contributed by atoms with Gasteiger partial charge in [-0.3, -0.25) is 9.59 Å². The van der Waals surface area contributed by atoms with Gasteiger partial charge in [0.15, 0.2) is 5.41 Å². The van der Waals surface area contributed by atoms with E-state index in [4.69, 9.17) is 14.2 Å². The number of hydrogen-bond acceptors (Lipinski definition) is 5. The van der Waals surface area contributed by atoms with Crippen molar-refractivity contribution in [3.8, 4) is 0 Å². The van der Waals surface area contributed by atoms with Gasteiger partial charge in [-0.2, -0.15) is 0 Å². The molecule has 0 aromatic heterocycles. The first-order valence-electron chi connectivity index (χ1n) is 7.93. The Hall–Kier alpha value is -1.88. The second-order valence-electron chi connectivity index (χ2n) is 4.73. The lowest BCUT2D eigenvalue weighted by atomic mass is 9.80. The van der Waals surface area contributed by atoms with Crippen molar-refractivity contribution in [2.45, 2.75) is 33.6 Å². The van der Waals surface area contributed by atoms with Gasteiger partial charge in [-0.1, -0.05) is 37.0 Å². The number of carbonyl (C=O) groups is 2. The lowest BCUT2D eigenvalue weighted by molar-refractivity contribution is -0.171. The van der Waals surface area contributed by atoms with Crippen LogP contribution in [0, 0.1) is 5.41 Å². The molecule has 0 aliphatic heterocycles. The lowest BCUT2D eigenvalue weighted by Gasteiger charge is -2.27. The second-order valence-corrected chi connectivity index (χ2v) is 4.73. The minimum Gasteiger partial charge on any atom is -0.465 e. The van der Waals surface area contributed by atoms with Crippen molar-refractivity contribution in [1.82, 2.24) is 0 Å². The molecule has 130 valence electrons. The van der Waals surface area contributed by atoms with Crippen LogP contribution >= 0.6 is 0 Å². The van der Waals surface area contributed by atoms with Gasteiger partial charge in [0.25, 0.3) is 0 Å². The zero-order valence-electron chi connectivity index (χ0n) is 14.4. The van der Waals surface area contributed by atoms with E-state index in [1.807, 2.05) is 6.92 Å². The Kier molecular flexibility index (Phi) is 11.6. The number of esters is 2. The van der Waals surface area contributed by atoms with Crippen molar-refractivity contribution in [2.24, 2.45) is 5.41 Å². The first-order chi connectivity index (χ1) is 11.1. The van der Waals surface area contributed by atoms with E-state index < -0.39 is 17.4 Å². The van der Waals surface area contributed by atoms with E-state index in [0.717, 1.165) is 0 Å². The molecule has 0 aliphatic rings. The highest BCUT2D eigenvalue weighted by Gasteiger charge is 2.47. The van der Waals surface area contributed by atoms with E-state index in [2.05, 4.69) is 6.58 Å². The van der Waals surface area contributed by atoms with E-state index in [-0.39, 0.29) is 26.1 Å². The summed E-state index contributed by atoms with van der Waals surface area (Å²) in [4.78, 5) is 24.9. The first-order valence-corrected chi connectivity index (χ1v) is 7.93. The summed E-state index contributed by atoms with van der Waals surface area (Å²) in [5.41, 5.74) is -1.38. The fourth-order valence-corrected chi connectivity index (χ4v) is 1.94. The van der Waals surface area contributed by atoms with Crippen LogP contribution in [0.1, 0.15) is 33.6 Å². The highest BCUT2D eigenvalue weighted by Crippen LogP contribution is 2.32. The molecule has 5 heteroatoms. The molecule has 0 saturated heterocycles. The first kappa shape index (κ1) is 21.1. The van der Waals surface area contributed by atoms with Crippen LogP contribution in [0.25, 0.3) is 0 Å². The van der Waals surface area contributed by atoms with Gasteiger partial charge in [-0.05, 0) is 33.6 Å². The summed E-state index contributed by atoms with van der Waals surface area (Å²) >= 11 is 0. The van der Waals surface area contributed by atoms with Crippen LogP contribution in [-0.4, -0.2) is 38.4 Å². The number of ether oxygens (including phenoxy) is 3. The Balaban J connectivity index is 5.38. The van der Waals surface area contributed by atoms with E-state index in [1.165, 1.54) is 0 Å². The molecule has 0 spiro atoms. The van der Waals surface area contributed by atoms with Crippen molar-refractivity contribution in [3.05, 3.63) is 37.0 Å². The Morgan fingerprint density at radius 3 is 1.96 bits per heavy atom. The molecule has 0 N–H and O–H groups in total. The molecule has 0 aromatic rings. The molecule has 0 radical (unpaired) electrons. The van der Waals surface area contributed by atoms with Gasteiger partial charge in [0, 0.05) is 6.61 Å². The number of hydrogen-bond donors (Lipinski definition) is 0. The highest BCUT2D eigenvalue weighted by molar-refractivity contribution is 6.00. The van der Waals surface area contributed by atoms with Crippen LogP contribution < -0.4 is 0 Å². The molecule has 0 rings (SSSR count). The molecule has 0 aromatic carbocycles. The van der Waals surface area contributed by atoms with E-state index in [1.54, 1.807) is 44.2 Å². The van der Waals surface area contributed by atoms with Crippen LogP contribution in [0.3, 0.4) is 0 Å². The minimum absolute atomic E-state index is 0.190. The van der Waals surface area contributed by atoms with Crippen molar-refractivity contribution < 1.29 is 23.8 Å². The summed E-state index contributed by atoms with van der Waals surface area (Å²) < 4.78 is 15.5. The van der Waals surface area contributed by atoms with Gasteiger partial charge >= 0.3 is 11.9 Å². The molecule has 0 saturated carbocycles. The average Bonchev–Trinajstić information content (AvgIpc) is 2.53. The van der Waals surface area contributed by atoms with E-state index in [9.17, 15) is 9.59 Å². The van der Waals surface area contributed by atoms with Crippen LogP contribution in [0.4, 0.5) is 0 Å². The Bertz CT molecular complexity index is 405. The topological polar surface area (TPSA) is 61.8 Å². The van der Waals surface area contributed by atoms with Gasteiger partial charge < -0.3 is 14.2 Å². The second kappa shape index (κ2) is 12.6. The third-order valence-corrected chi connectivity index (χ3v) is 3.12. The fraction of sp³-hybridized carbons (Fsp3) is 0.556. The number of rotatable bonds is 12. The largest absolute Gasteiger partial charge is 0.465 e. The fourth-order valence-electron chi connectivity index (χ4n) is 1.94. The highest BCUT2D eigenvalue weighted by atomic mass is 16.6. The summed E-state index contributed by atoms with van der Waals surface area (Å²) in [5.74, 6) is -1.15. The summed E-state index contributed by atoms with van der Waals surface area (Å²) in [5, 5.41) is 0. The van der Waals surface area contributed by atoms with Crippen LogP contribution in [0.2, 0.25) is 0 Å². The predicted octanol–water partition coefficient (Wildman–Crippen LogP) is 3.21. The average molecular weight is 324 g/mol.